The van der Waals surface area contributed by atoms with Gasteiger partial charge in [0.05, 0.1) is 11.4 Å². The van der Waals surface area contributed by atoms with Crippen LogP contribution in [0.25, 0.3) is 0 Å². The molecule has 128 valence electrons. The first-order valence-electron chi connectivity index (χ1n) is 7.74. The fourth-order valence-corrected chi connectivity index (χ4v) is 3.98. The predicted octanol–water partition coefficient (Wildman–Crippen LogP) is 3.05. The van der Waals surface area contributed by atoms with Crippen LogP contribution in [0, 0.1) is 0 Å². The zero-order valence-electron chi connectivity index (χ0n) is 13.6. The van der Waals surface area contributed by atoms with Crippen molar-refractivity contribution in [1.29, 1.82) is 0 Å². The summed E-state index contributed by atoms with van der Waals surface area (Å²) in [6.07, 6.45) is 1.78. The molecule has 1 aliphatic rings. The lowest BCUT2D eigenvalue weighted by Gasteiger charge is -2.32. The van der Waals surface area contributed by atoms with Crippen molar-refractivity contribution in [2.75, 3.05) is 32.1 Å². The maximum Gasteiger partial charge on any atom is 0.264 e. The van der Waals surface area contributed by atoms with Gasteiger partial charge in [-0.15, -0.1) is 21.5 Å². The summed E-state index contributed by atoms with van der Waals surface area (Å²) in [7, 11) is 3.83. The van der Waals surface area contributed by atoms with Crippen LogP contribution in [0.5, 0.6) is 5.88 Å². The second-order valence-corrected chi connectivity index (χ2v) is 7.71. The molecule has 1 aliphatic heterocycles. The number of nitrogens with zero attached hydrogens (tertiary/aromatic N) is 4. The van der Waals surface area contributed by atoms with E-state index in [1.54, 1.807) is 0 Å². The quantitative estimate of drug-likeness (QED) is 0.774. The van der Waals surface area contributed by atoms with Gasteiger partial charge in [-0.1, -0.05) is 0 Å². The highest BCUT2D eigenvalue weighted by atomic mass is 79.9. The molecule has 3 heterocycles. The average molecular weight is 411 g/mol. The fraction of sp³-hybridized carbons (Fsp3) is 0.438. The van der Waals surface area contributed by atoms with Crippen LogP contribution in [0.3, 0.4) is 0 Å². The molecule has 1 saturated heterocycles. The monoisotopic (exact) mass is 410 g/mol. The molecule has 2 aromatic rings. The number of carbonyl (C=O) groups excluding carboxylic acids is 1. The van der Waals surface area contributed by atoms with Gasteiger partial charge < -0.3 is 14.5 Å². The molecule has 8 heteroatoms. The summed E-state index contributed by atoms with van der Waals surface area (Å²) in [6.45, 7) is 1.34. The zero-order valence-corrected chi connectivity index (χ0v) is 16.0. The molecule has 0 N–H and O–H groups in total. The second-order valence-electron chi connectivity index (χ2n) is 5.89. The first kappa shape index (κ1) is 17.2. The zero-order chi connectivity index (χ0) is 17.1. The Kier molecular flexibility index (Phi) is 5.35. The Morgan fingerprint density at radius 1 is 1.42 bits per heavy atom. The first-order valence-corrected chi connectivity index (χ1v) is 9.41. The molecule has 0 radical (unpaired) electrons. The van der Waals surface area contributed by atoms with E-state index in [-0.39, 0.29) is 12.0 Å². The van der Waals surface area contributed by atoms with Gasteiger partial charge in [-0.25, -0.2) is 0 Å². The van der Waals surface area contributed by atoms with E-state index in [0.717, 1.165) is 34.6 Å². The van der Waals surface area contributed by atoms with Crippen molar-refractivity contribution in [2.45, 2.75) is 18.9 Å². The Morgan fingerprint density at radius 2 is 2.25 bits per heavy atom. The largest absolute Gasteiger partial charge is 0.471 e. The van der Waals surface area contributed by atoms with Gasteiger partial charge >= 0.3 is 0 Å². The number of hydrogen-bond donors (Lipinski definition) is 0. The minimum atomic E-state index is -0.0504. The Bertz CT molecular complexity index is 704. The SMILES string of the molecule is CN(C)c1ccc(OC2CCCN(C(=O)c3cc(Br)cs3)C2)nn1. The number of ether oxygens (including phenoxy) is 1. The lowest BCUT2D eigenvalue weighted by atomic mass is 10.1. The summed E-state index contributed by atoms with van der Waals surface area (Å²) in [5.41, 5.74) is 0. The summed E-state index contributed by atoms with van der Waals surface area (Å²) >= 11 is 4.85. The highest BCUT2D eigenvalue weighted by Gasteiger charge is 2.26. The third-order valence-corrected chi connectivity index (χ3v) is 5.49. The number of aromatic nitrogens is 2. The van der Waals surface area contributed by atoms with E-state index < -0.39 is 0 Å². The molecule has 24 heavy (non-hydrogen) atoms. The molecule has 6 nitrogen and oxygen atoms in total. The Labute approximate surface area is 153 Å². The van der Waals surface area contributed by atoms with Crippen molar-refractivity contribution in [3.63, 3.8) is 0 Å². The molecule has 0 spiro atoms. The molecular weight excluding hydrogens is 392 g/mol. The average Bonchev–Trinajstić information content (AvgIpc) is 3.01. The predicted molar refractivity (Wildman–Crippen MR) is 97.9 cm³/mol. The molecule has 0 aromatic carbocycles. The van der Waals surface area contributed by atoms with Crippen LogP contribution in [0.4, 0.5) is 5.82 Å². The van der Waals surface area contributed by atoms with Gasteiger partial charge in [0, 0.05) is 36.6 Å². The minimum absolute atomic E-state index is 0.0504. The van der Waals surface area contributed by atoms with E-state index in [1.807, 2.05) is 47.5 Å². The van der Waals surface area contributed by atoms with Crippen LogP contribution in [-0.4, -0.2) is 54.3 Å². The Hall–Kier alpha value is -1.67. The first-order chi connectivity index (χ1) is 11.5. The van der Waals surface area contributed by atoms with Crippen molar-refractivity contribution in [2.24, 2.45) is 0 Å². The van der Waals surface area contributed by atoms with Crippen molar-refractivity contribution in [1.82, 2.24) is 15.1 Å². The minimum Gasteiger partial charge on any atom is -0.471 e. The normalized spacial score (nSPS) is 17.6. The molecule has 0 bridgehead atoms. The highest BCUT2D eigenvalue weighted by Crippen LogP contribution is 2.24. The van der Waals surface area contributed by atoms with E-state index in [4.69, 9.17) is 4.74 Å². The lowest BCUT2D eigenvalue weighted by Crippen LogP contribution is -2.44. The summed E-state index contributed by atoms with van der Waals surface area (Å²) in [6, 6.07) is 5.56. The standard InChI is InChI=1S/C16H19BrN4O2S/c1-20(2)14-5-6-15(19-18-14)23-12-4-3-7-21(9-12)16(22)13-8-11(17)10-24-13/h5-6,8,10,12H,3-4,7,9H2,1-2H3. The number of thiophene rings is 1. The van der Waals surface area contributed by atoms with E-state index >= 15 is 0 Å². The Morgan fingerprint density at radius 3 is 2.88 bits per heavy atom. The number of carbonyl (C=O) groups is 1. The number of piperidine rings is 1. The topological polar surface area (TPSA) is 58.6 Å². The van der Waals surface area contributed by atoms with Crippen molar-refractivity contribution in [3.05, 3.63) is 32.9 Å². The molecule has 1 amide bonds. The third-order valence-electron chi connectivity index (χ3n) is 3.82. The summed E-state index contributed by atoms with van der Waals surface area (Å²) in [5.74, 6) is 1.35. The van der Waals surface area contributed by atoms with Crippen LogP contribution in [0.2, 0.25) is 0 Å². The van der Waals surface area contributed by atoms with Gasteiger partial charge in [0.2, 0.25) is 5.88 Å². The number of halogens is 1. The molecule has 1 unspecified atom stereocenters. The molecular formula is C16H19BrN4O2S. The van der Waals surface area contributed by atoms with E-state index in [9.17, 15) is 4.79 Å². The molecule has 0 aliphatic carbocycles. The van der Waals surface area contributed by atoms with Gasteiger partial charge in [-0.05, 0) is 40.9 Å². The van der Waals surface area contributed by atoms with Gasteiger partial charge in [0.25, 0.3) is 5.91 Å². The van der Waals surface area contributed by atoms with E-state index in [1.165, 1.54) is 11.3 Å². The fourth-order valence-electron chi connectivity index (χ4n) is 2.59. The van der Waals surface area contributed by atoms with Crippen LogP contribution >= 0.6 is 27.3 Å². The summed E-state index contributed by atoms with van der Waals surface area (Å²) in [5, 5.41) is 10.1. The van der Waals surface area contributed by atoms with Gasteiger partial charge in [-0.3, -0.25) is 4.79 Å². The number of likely N-dealkylation sites (tertiary alicyclic amines) is 1. The van der Waals surface area contributed by atoms with Crippen molar-refractivity contribution < 1.29 is 9.53 Å². The maximum atomic E-state index is 12.6. The smallest absolute Gasteiger partial charge is 0.264 e. The lowest BCUT2D eigenvalue weighted by molar-refractivity contribution is 0.0530. The number of amides is 1. The van der Waals surface area contributed by atoms with Crippen LogP contribution < -0.4 is 9.64 Å². The van der Waals surface area contributed by atoms with Crippen molar-refractivity contribution >= 4 is 39.0 Å². The second kappa shape index (κ2) is 7.48. The molecule has 1 fully saturated rings. The number of anilines is 1. The summed E-state index contributed by atoms with van der Waals surface area (Å²) in [4.78, 5) is 17.0. The molecule has 3 rings (SSSR count). The Balaban J connectivity index is 1.62. The number of hydrogen-bond acceptors (Lipinski definition) is 6. The van der Waals surface area contributed by atoms with Gasteiger partial charge in [0.15, 0.2) is 5.82 Å². The maximum absolute atomic E-state index is 12.6. The summed E-state index contributed by atoms with van der Waals surface area (Å²) < 4.78 is 6.86. The molecule has 1 atom stereocenters. The highest BCUT2D eigenvalue weighted by molar-refractivity contribution is 9.10. The van der Waals surface area contributed by atoms with Crippen LogP contribution in [0.1, 0.15) is 22.5 Å². The van der Waals surface area contributed by atoms with Crippen molar-refractivity contribution in [3.8, 4) is 5.88 Å². The molecule has 0 saturated carbocycles. The van der Waals surface area contributed by atoms with Crippen LogP contribution in [-0.2, 0) is 0 Å². The molecule has 2 aromatic heterocycles. The van der Waals surface area contributed by atoms with Crippen LogP contribution in [0.15, 0.2) is 28.1 Å². The number of rotatable bonds is 4. The third kappa shape index (κ3) is 4.05. The van der Waals surface area contributed by atoms with E-state index in [2.05, 4.69) is 26.1 Å². The van der Waals surface area contributed by atoms with Gasteiger partial charge in [0.1, 0.15) is 6.10 Å². The van der Waals surface area contributed by atoms with Gasteiger partial charge in [-0.2, -0.15) is 0 Å². The van der Waals surface area contributed by atoms with E-state index in [0.29, 0.717) is 12.4 Å².